The Kier molecular flexibility index (Phi) is 4.69. The molecule has 2 aliphatic carbocycles. The van der Waals surface area contributed by atoms with Crippen LogP contribution in [-0.2, 0) is 0 Å². The average molecular weight is 223 g/mol. The van der Waals surface area contributed by atoms with E-state index < -0.39 is 0 Å². The molecule has 94 valence electrons. The van der Waals surface area contributed by atoms with Gasteiger partial charge in [-0.3, -0.25) is 0 Å². The maximum absolute atomic E-state index is 3.52. The minimum absolute atomic E-state index is 0.810. The van der Waals surface area contributed by atoms with Crippen LogP contribution in [0.2, 0.25) is 0 Å². The van der Waals surface area contributed by atoms with Crippen LogP contribution in [0.25, 0.3) is 0 Å². The van der Waals surface area contributed by atoms with Crippen molar-refractivity contribution < 1.29 is 0 Å². The lowest BCUT2D eigenvalue weighted by atomic mass is 9.73. The smallest absolute Gasteiger partial charge is 0.00668 e. The van der Waals surface area contributed by atoms with Crippen molar-refractivity contribution in [3.05, 3.63) is 0 Å². The first-order chi connectivity index (χ1) is 7.79. The highest BCUT2D eigenvalue weighted by Gasteiger charge is 2.29. The Bertz CT molecular complexity index is 202. The van der Waals surface area contributed by atoms with Gasteiger partial charge in [-0.25, -0.2) is 0 Å². The Labute approximate surface area is 101 Å². The van der Waals surface area contributed by atoms with Gasteiger partial charge in [0.05, 0.1) is 0 Å². The quantitative estimate of drug-likeness (QED) is 0.698. The van der Waals surface area contributed by atoms with Crippen LogP contribution in [0.4, 0.5) is 0 Å². The van der Waals surface area contributed by atoms with Crippen LogP contribution in [0, 0.1) is 17.8 Å². The molecular weight excluding hydrogens is 194 g/mol. The van der Waals surface area contributed by atoms with Gasteiger partial charge in [-0.15, -0.1) is 0 Å². The molecule has 0 amide bonds. The predicted octanol–water partition coefficient (Wildman–Crippen LogP) is 3.98. The summed E-state index contributed by atoms with van der Waals surface area (Å²) in [6, 6.07) is 0.810. The van der Waals surface area contributed by atoms with Crippen molar-refractivity contribution in [2.75, 3.05) is 7.05 Å². The van der Waals surface area contributed by atoms with E-state index in [1.807, 2.05) is 0 Å². The summed E-state index contributed by atoms with van der Waals surface area (Å²) in [6.45, 7) is 2.46. The molecule has 0 spiro atoms. The maximum atomic E-state index is 3.52. The summed E-state index contributed by atoms with van der Waals surface area (Å²) in [7, 11) is 2.15. The van der Waals surface area contributed by atoms with Gasteiger partial charge in [0.1, 0.15) is 0 Å². The molecule has 0 aromatic rings. The standard InChI is InChI=1S/C15H29N/c1-12-6-5-8-13(10-12)14-7-3-4-9-15(11-14)16-2/h12-16H,3-11H2,1-2H3. The first-order valence-electron chi connectivity index (χ1n) is 7.47. The maximum Gasteiger partial charge on any atom is 0.00668 e. The Morgan fingerprint density at radius 1 is 0.812 bits per heavy atom. The summed E-state index contributed by atoms with van der Waals surface area (Å²) in [6.07, 6.45) is 13.3. The molecule has 4 atom stereocenters. The average Bonchev–Trinajstić information content (AvgIpc) is 2.54. The fourth-order valence-corrected chi connectivity index (χ4v) is 4.00. The molecule has 2 rings (SSSR count). The van der Waals surface area contributed by atoms with E-state index in [4.69, 9.17) is 0 Å². The molecule has 2 fully saturated rings. The van der Waals surface area contributed by atoms with Crippen LogP contribution >= 0.6 is 0 Å². The Hall–Kier alpha value is -0.0400. The highest BCUT2D eigenvalue weighted by Crippen LogP contribution is 2.39. The highest BCUT2D eigenvalue weighted by atomic mass is 14.9. The van der Waals surface area contributed by atoms with E-state index in [9.17, 15) is 0 Å². The molecule has 1 heteroatoms. The van der Waals surface area contributed by atoms with Gasteiger partial charge in [-0.05, 0) is 44.1 Å². The van der Waals surface area contributed by atoms with Crippen LogP contribution in [0.1, 0.15) is 64.7 Å². The second-order valence-electron chi connectivity index (χ2n) is 6.30. The van der Waals surface area contributed by atoms with Gasteiger partial charge in [0.25, 0.3) is 0 Å². The van der Waals surface area contributed by atoms with Gasteiger partial charge in [-0.1, -0.05) is 45.4 Å². The van der Waals surface area contributed by atoms with Crippen molar-refractivity contribution in [3.8, 4) is 0 Å². The van der Waals surface area contributed by atoms with Crippen LogP contribution in [0.15, 0.2) is 0 Å². The summed E-state index contributed by atoms with van der Waals surface area (Å²) in [5.41, 5.74) is 0. The largest absolute Gasteiger partial charge is 0.317 e. The third-order valence-corrected chi connectivity index (χ3v) is 5.02. The van der Waals surface area contributed by atoms with E-state index in [0.717, 1.165) is 23.8 Å². The molecule has 0 aromatic carbocycles. The van der Waals surface area contributed by atoms with E-state index >= 15 is 0 Å². The molecule has 4 unspecified atom stereocenters. The van der Waals surface area contributed by atoms with E-state index in [0.29, 0.717) is 0 Å². The summed E-state index contributed by atoms with van der Waals surface area (Å²) in [5.74, 6) is 3.08. The summed E-state index contributed by atoms with van der Waals surface area (Å²) in [4.78, 5) is 0. The van der Waals surface area contributed by atoms with Crippen LogP contribution in [-0.4, -0.2) is 13.1 Å². The zero-order valence-corrected chi connectivity index (χ0v) is 11.2. The molecule has 2 saturated carbocycles. The molecule has 0 aliphatic heterocycles. The lowest BCUT2D eigenvalue weighted by Gasteiger charge is -2.34. The molecule has 0 radical (unpaired) electrons. The van der Waals surface area contributed by atoms with E-state index in [1.54, 1.807) is 0 Å². The minimum atomic E-state index is 0.810. The van der Waals surface area contributed by atoms with Gasteiger partial charge >= 0.3 is 0 Å². The topological polar surface area (TPSA) is 12.0 Å². The van der Waals surface area contributed by atoms with Crippen molar-refractivity contribution in [2.24, 2.45) is 17.8 Å². The molecule has 0 aromatic heterocycles. The summed E-state index contributed by atoms with van der Waals surface area (Å²) < 4.78 is 0. The summed E-state index contributed by atoms with van der Waals surface area (Å²) >= 11 is 0. The molecule has 0 bridgehead atoms. The second-order valence-corrected chi connectivity index (χ2v) is 6.30. The molecule has 0 heterocycles. The van der Waals surface area contributed by atoms with Crippen LogP contribution < -0.4 is 5.32 Å². The molecule has 1 N–H and O–H groups in total. The van der Waals surface area contributed by atoms with Gasteiger partial charge in [0.2, 0.25) is 0 Å². The number of hydrogen-bond donors (Lipinski definition) is 1. The van der Waals surface area contributed by atoms with Crippen molar-refractivity contribution >= 4 is 0 Å². The van der Waals surface area contributed by atoms with Gasteiger partial charge in [-0.2, -0.15) is 0 Å². The summed E-state index contributed by atoms with van der Waals surface area (Å²) in [5, 5.41) is 3.52. The van der Waals surface area contributed by atoms with Crippen molar-refractivity contribution in [1.82, 2.24) is 5.32 Å². The normalized spacial score (nSPS) is 41.6. The zero-order chi connectivity index (χ0) is 11.4. The fraction of sp³-hybridized carbons (Fsp3) is 1.00. The Balaban J connectivity index is 1.90. The van der Waals surface area contributed by atoms with E-state index in [-0.39, 0.29) is 0 Å². The minimum Gasteiger partial charge on any atom is -0.317 e. The fourth-order valence-electron chi connectivity index (χ4n) is 4.00. The third kappa shape index (κ3) is 3.23. The predicted molar refractivity (Wildman–Crippen MR) is 70.5 cm³/mol. The number of rotatable bonds is 2. The molecule has 1 nitrogen and oxygen atoms in total. The van der Waals surface area contributed by atoms with E-state index in [1.165, 1.54) is 57.8 Å². The van der Waals surface area contributed by atoms with Crippen LogP contribution in [0.5, 0.6) is 0 Å². The number of nitrogens with one attached hydrogen (secondary N) is 1. The Morgan fingerprint density at radius 3 is 2.25 bits per heavy atom. The van der Waals surface area contributed by atoms with Crippen LogP contribution in [0.3, 0.4) is 0 Å². The lowest BCUT2D eigenvalue weighted by Crippen LogP contribution is -2.30. The first kappa shape index (κ1) is 12.4. The van der Waals surface area contributed by atoms with E-state index in [2.05, 4.69) is 19.3 Å². The third-order valence-electron chi connectivity index (χ3n) is 5.02. The molecule has 2 aliphatic rings. The zero-order valence-electron chi connectivity index (χ0n) is 11.2. The van der Waals surface area contributed by atoms with Gasteiger partial charge < -0.3 is 5.32 Å². The monoisotopic (exact) mass is 223 g/mol. The number of hydrogen-bond acceptors (Lipinski definition) is 1. The van der Waals surface area contributed by atoms with Gasteiger partial charge in [0.15, 0.2) is 0 Å². The van der Waals surface area contributed by atoms with Crippen molar-refractivity contribution in [3.63, 3.8) is 0 Å². The van der Waals surface area contributed by atoms with Gasteiger partial charge in [0, 0.05) is 6.04 Å². The second kappa shape index (κ2) is 6.05. The SMILES string of the molecule is CNC1CCCCC(C2CCCC(C)C2)C1. The molecule has 16 heavy (non-hydrogen) atoms. The molecular formula is C15H29N. The first-order valence-corrected chi connectivity index (χ1v) is 7.47. The Morgan fingerprint density at radius 2 is 1.50 bits per heavy atom. The van der Waals surface area contributed by atoms with Crippen molar-refractivity contribution in [1.29, 1.82) is 0 Å². The molecule has 0 saturated heterocycles. The highest BCUT2D eigenvalue weighted by molar-refractivity contribution is 4.82. The van der Waals surface area contributed by atoms with Crippen molar-refractivity contribution in [2.45, 2.75) is 70.8 Å². The lowest BCUT2D eigenvalue weighted by molar-refractivity contribution is 0.181.